The van der Waals surface area contributed by atoms with Crippen LogP contribution < -0.4 is 5.32 Å². The minimum atomic E-state index is 0.174. The number of hydrogen-bond donors (Lipinski definition) is 2. The van der Waals surface area contributed by atoms with Gasteiger partial charge >= 0.3 is 0 Å². The number of aryl methyl sites for hydroxylation is 3. The molecule has 120 valence electrons. The van der Waals surface area contributed by atoms with Gasteiger partial charge in [0.1, 0.15) is 5.82 Å². The van der Waals surface area contributed by atoms with E-state index >= 15 is 0 Å². The van der Waals surface area contributed by atoms with Crippen molar-refractivity contribution in [3.63, 3.8) is 0 Å². The third kappa shape index (κ3) is 3.05. The Morgan fingerprint density at radius 3 is 2.57 bits per heavy atom. The Morgan fingerprint density at radius 2 is 1.87 bits per heavy atom. The Morgan fingerprint density at radius 1 is 1.13 bits per heavy atom. The SMILES string of the molecule is Cc1ccc(-c2c(C)nn3c(NCCCO)cc(C)nc23)cc1. The van der Waals surface area contributed by atoms with Gasteiger partial charge in [0.2, 0.25) is 0 Å². The molecule has 3 rings (SSSR count). The molecular weight excluding hydrogens is 288 g/mol. The predicted octanol–water partition coefficient (Wildman–Crippen LogP) is 3.12. The summed E-state index contributed by atoms with van der Waals surface area (Å²) in [4.78, 5) is 4.70. The van der Waals surface area contributed by atoms with Gasteiger partial charge in [-0.3, -0.25) is 0 Å². The highest BCUT2D eigenvalue weighted by Crippen LogP contribution is 2.29. The molecule has 23 heavy (non-hydrogen) atoms. The first-order valence-corrected chi connectivity index (χ1v) is 7.89. The van der Waals surface area contributed by atoms with Crippen molar-refractivity contribution < 1.29 is 5.11 Å². The third-order valence-electron chi connectivity index (χ3n) is 3.87. The van der Waals surface area contributed by atoms with E-state index < -0.39 is 0 Å². The average Bonchev–Trinajstić information content (AvgIpc) is 2.85. The summed E-state index contributed by atoms with van der Waals surface area (Å²) in [5.41, 5.74) is 6.19. The number of anilines is 1. The van der Waals surface area contributed by atoms with Crippen molar-refractivity contribution in [3.8, 4) is 11.1 Å². The number of rotatable bonds is 5. The summed E-state index contributed by atoms with van der Waals surface area (Å²) in [7, 11) is 0. The molecule has 2 N–H and O–H groups in total. The second-order valence-corrected chi connectivity index (χ2v) is 5.85. The maximum Gasteiger partial charge on any atom is 0.165 e. The van der Waals surface area contributed by atoms with Crippen LogP contribution in [0.5, 0.6) is 0 Å². The van der Waals surface area contributed by atoms with Crippen LogP contribution in [0.4, 0.5) is 5.82 Å². The second kappa shape index (κ2) is 6.38. The van der Waals surface area contributed by atoms with Gasteiger partial charge in [0.25, 0.3) is 0 Å². The van der Waals surface area contributed by atoms with Crippen molar-refractivity contribution in [2.24, 2.45) is 0 Å². The summed E-state index contributed by atoms with van der Waals surface area (Å²) < 4.78 is 1.86. The summed E-state index contributed by atoms with van der Waals surface area (Å²) in [6.45, 7) is 6.95. The molecule has 0 aliphatic heterocycles. The van der Waals surface area contributed by atoms with E-state index in [4.69, 9.17) is 10.1 Å². The van der Waals surface area contributed by atoms with E-state index in [0.717, 1.165) is 34.0 Å². The molecule has 0 aliphatic rings. The van der Waals surface area contributed by atoms with Crippen molar-refractivity contribution in [2.45, 2.75) is 27.2 Å². The van der Waals surface area contributed by atoms with E-state index in [0.29, 0.717) is 13.0 Å². The molecular formula is C18H22N4O. The molecule has 0 bridgehead atoms. The highest BCUT2D eigenvalue weighted by molar-refractivity contribution is 5.81. The van der Waals surface area contributed by atoms with Crippen LogP contribution in [0.1, 0.15) is 23.4 Å². The largest absolute Gasteiger partial charge is 0.396 e. The maximum atomic E-state index is 8.96. The zero-order valence-electron chi connectivity index (χ0n) is 13.8. The predicted molar refractivity (Wildman–Crippen MR) is 92.8 cm³/mol. The van der Waals surface area contributed by atoms with Gasteiger partial charge in [0, 0.05) is 30.5 Å². The molecule has 0 atom stereocenters. The first-order chi connectivity index (χ1) is 11.1. The molecule has 2 heterocycles. The fraction of sp³-hybridized carbons (Fsp3) is 0.333. The molecule has 0 saturated heterocycles. The van der Waals surface area contributed by atoms with E-state index in [1.165, 1.54) is 5.56 Å². The fourth-order valence-corrected chi connectivity index (χ4v) is 2.72. The summed E-state index contributed by atoms with van der Waals surface area (Å²) in [5, 5.41) is 16.9. The molecule has 0 saturated carbocycles. The molecule has 5 heteroatoms. The Kier molecular flexibility index (Phi) is 4.30. The van der Waals surface area contributed by atoms with Crippen molar-refractivity contribution >= 4 is 11.5 Å². The highest BCUT2D eigenvalue weighted by Gasteiger charge is 2.15. The van der Waals surface area contributed by atoms with Crippen LogP contribution in [-0.4, -0.2) is 32.9 Å². The number of nitrogens with one attached hydrogen (secondary N) is 1. The van der Waals surface area contributed by atoms with Crippen LogP contribution >= 0.6 is 0 Å². The zero-order valence-corrected chi connectivity index (χ0v) is 13.8. The van der Waals surface area contributed by atoms with E-state index in [-0.39, 0.29) is 6.61 Å². The molecule has 2 aromatic heterocycles. The van der Waals surface area contributed by atoms with Crippen LogP contribution in [0.3, 0.4) is 0 Å². The second-order valence-electron chi connectivity index (χ2n) is 5.85. The van der Waals surface area contributed by atoms with E-state index in [1.807, 2.05) is 24.4 Å². The first-order valence-electron chi connectivity index (χ1n) is 7.89. The molecule has 0 amide bonds. The van der Waals surface area contributed by atoms with Crippen LogP contribution in [0, 0.1) is 20.8 Å². The van der Waals surface area contributed by atoms with Crippen molar-refractivity contribution in [1.29, 1.82) is 0 Å². The molecule has 5 nitrogen and oxygen atoms in total. The van der Waals surface area contributed by atoms with Gasteiger partial charge in [-0.1, -0.05) is 29.8 Å². The number of fused-ring (bicyclic) bond motifs is 1. The molecule has 3 aromatic rings. The van der Waals surface area contributed by atoms with E-state index in [1.54, 1.807) is 0 Å². The monoisotopic (exact) mass is 310 g/mol. The van der Waals surface area contributed by atoms with Crippen molar-refractivity contribution in [2.75, 3.05) is 18.5 Å². The highest BCUT2D eigenvalue weighted by atomic mass is 16.3. The first kappa shape index (κ1) is 15.5. The number of nitrogens with zero attached hydrogens (tertiary/aromatic N) is 3. The molecule has 0 fully saturated rings. The lowest BCUT2D eigenvalue weighted by atomic mass is 10.0. The van der Waals surface area contributed by atoms with Gasteiger partial charge in [0.15, 0.2) is 5.65 Å². The average molecular weight is 310 g/mol. The van der Waals surface area contributed by atoms with E-state index in [9.17, 15) is 0 Å². The fourth-order valence-electron chi connectivity index (χ4n) is 2.72. The van der Waals surface area contributed by atoms with Gasteiger partial charge in [-0.2, -0.15) is 9.61 Å². The van der Waals surface area contributed by atoms with Crippen molar-refractivity contribution in [1.82, 2.24) is 14.6 Å². The van der Waals surface area contributed by atoms with Crippen LogP contribution in [0.15, 0.2) is 30.3 Å². The van der Waals surface area contributed by atoms with Gasteiger partial charge < -0.3 is 10.4 Å². The summed E-state index contributed by atoms with van der Waals surface area (Å²) >= 11 is 0. The van der Waals surface area contributed by atoms with Crippen molar-refractivity contribution in [3.05, 3.63) is 47.3 Å². The number of aliphatic hydroxyl groups is 1. The van der Waals surface area contributed by atoms with Crippen LogP contribution in [-0.2, 0) is 0 Å². The topological polar surface area (TPSA) is 62.5 Å². The zero-order chi connectivity index (χ0) is 16.4. The quantitative estimate of drug-likeness (QED) is 0.711. The third-order valence-corrected chi connectivity index (χ3v) is 3.87. The van der Waals surface area contributed by atoms with Crippen LogP contribution in [0.2, 0.25) is 0 Å². The lowest BCUT2D eigenvalue weighted by Gasteiger charge is -2.09. The number of aliphatic hydroxyl groups excluding tert-OH is 1. The molecule has 0 radical (unpaired) electrons. The van der Waals surface area contributed by atoms with Crippen LogP contribution in [0.25, 0.3) is 16.8 Å². The maximum absolute atomic E-state index is 8.96. The standard InChI is InChI=1S/C18H22N4O/c1-12-5-7-15(8-6-12)17-14(3)21-22-16(19-9-4-10-23)11-13(2)20-18(17)22/h5-8,11,19,23H,4,9-10H2,1-3H3. The summed E-state index contributed by atoms with van der Waals surface area (Å²) in [6.07, 6.45) is 0.702. The number of benzene rings is 1. The van der Waals surface area contributed by atoms with E-state index in [2.05, 4.69) is 41.6 Å². The Labute approximate surface area is 136 Å². The lowest BCUT2D eigenvalue weighted by Crippen LogP contribution is -2.09. The minimum absolute atomic E-state index is 0.174. The molecule has 0 unspecified atom stereocenters. The van der Waals surface area contributed by atoms with Gasteiger partial charge in [-0.15, -0.1) is 0 Å². The Balaban J connectivity index is 2.12. The normalized spacial score (nSPS) is 11.1. The number of hydrogen-bond acceptors (Lipinski definition) is 4. The summed E-state index contributed by atoms with van der Waals surface area (Å²) in [5.74, 6) is 0.905. The Hall–Kier alpha value is -2.40. The van der Waals surface area contributed by atoms with Gasteiger partial charge in [-0.05, 0) is 32.8 Å². The molecule has 1 aromatic carbocycles. The smallest absolute Gasteiger partial charge is 0.165 e. The molecule has 0 spiro atoms. The van der Waals surface area contributed by atoms with Gasteiger partial charge in [0.05, 0.1) is 5.69 Å². The minimum Gasteiger partial charge on any atom is -0.396 e. The van der Waals surface area contributed by atoms with Gasteiger partial charge in [-0.25, -0.2) is 4.98 Å². The summed E-state index contributed by atoms with van der Waals surface area (Å²) in [6, 6.07) is 10.4. The number of aromatic nitrogens is 3. The lowest BCUT2D eigenvalue weighted by molar-refractivity contribution is 0.292. The Bertz CT molecular complexity index is 821. The molecule has 0 aliphatic carbocycles.